The molecule has 0 amide bonds. The highest BCUT2D eigenvalue weighted by Crippen LogP contribution is 2.33. The fraction of sp³-hybridized carbons (Fsp3) is 0.118. The molecule has 0 unspecified atom stereocenters. The van der Waals surface area contributed by atoms with Crippen molar-refractivity contribution in [3.8, 4) is 11.3 Å². The second kappa shape index (κ2) is 6.51. The Labute approximate surface area is 158 Å². The number of aromatic nitrogens is 2. The van der Waals surface area contributed by atoms with Crippen molar-refractivity contribution in [1.82, 2.24) is 9.55 Å². The summed E-state index contributed by atoms with van der Waals surface area (Å²) in [7, 11) is -3.67. The number of nitrogens with one attached hydrogen (secondary N) is 1. The molecule has 1 aliphatic rings. The van der Waals surface area contributed by atoms with Crippen LogP contribution in [0, 0.1) is 0 Å². The molecule has 0 fully saturated rings. The number of thioether (sulfide) groups is 1. The van der Waals surface area contributed by atoms with Gasteiger partial charge in [-0.05, 0) is 30.3 Å². The summed E-state index contributed by atoms with van der Waals surface area (Å²) in [6.45, 7) is 0.930. The summed E-state index contributed by atoms with van der Waals surface area (Å²) in [5.41, 5.74) is 2.06. The summed E-state index contributed by atoms with van der Waals surface area (Å²) in [6.07, 6.45) is 1.97. The highest BCUT2D eigenvalue weighted by molar-refractivity contribution is 9.10. The van der Waals surface area contributed by atoms with Gasteiger partial charge in [-0.25, -0.2) is 13.4 Å². The van der Waals surface area contributed by atoms with Gasteiger partial charge in [-0.3, -0.25) is 4.72 Å². The van der Waals surface area contributed by atoms with Crippen LogP contribution in [0.15, 0.2) is 69.3 Å². The van der Waals surface area contributed by atoms with Crippen molar-refractivity contribution in [2.24, 2.45) is 0 Å². The van der Waals surface area contributed by atoms with Crippen LogP contribution in [-0.4, -0.2) is 23.7 Å². The van der Waals surface area contributed by atoms with E-state index in [4.69, 9.17) is 0 Å². The molecular weight excluding hydrogens is 422 g/mol. The van der Waals surface area contributed by atoms with E-state index < -0.39 is 10.0 Å². The summed E-state index contributed by atoms with van der Waals surface area (Å²) in [5, 5.41) is 0.973. The summed E-state index contributed by atoms with van der Waals surface area (Å²) in [4.78, 5) is 4.84. The Bertz CT molecular complexity index is 1010. The molecule has 0 aliphatic carbocycles. The van der Waals surface area contributed by atoms with E-state index in [-0.39, 0.29) is 4.90 Å². The zero-order valence-corrected chi connectivity index (χ0v) is 16.2. The molecule has 0 atom stereocenters. The van der Waals surface area contributed by atoms with Gasteiger partial charge in [0.2, 0.25) is 0 Å². The molecule has 3 aromatic rings. The zero-order valence-electron chi connectivity index (χ0n) is 13.0. The van der Waals surface area contributed by atoms with E-state index >= 15 is 0 Å². The van der Waals surface area contributed by atoms with E-state index in [2.05, 4.69) is 30.2 Å². The first-order chi connectivity index (χ1) is 12.0. The number of imidazole rings is 1. The molecule has 4 rings (SSSR count). The number of benzene rings is 2. The van der Waals surface area contributed by atoms with Gasteiger partial charge in [-0.15, -0.1) is 0 Å². The van der Waals surface area contributed by atoms with Crippen LogP contribution >= 0.6 is 27.7 Å². The molecule has 0 saturated carbocycles. The lowest BCUT2D eigenvalue weighted by molar-refractivity contribution is 0.601. The lowest BCUT2D eigenvalue weighted by Crippen LogP contribution is -2.13. The topological polar surface area (TPSA) is 64.0 Å². The number of nitrogens with zero attached hydrogens (tertiary/aromatic N) is 2. The van der Waals surface area contributed by atoms with Gasteiger partial charge >= 0.3 is 0 Å². The number of fused-ring (bicyclic) bond motifs is 1. The number of para-hydroxylation sites is 1. The molecule has 0 spiro atoms. The Hall–Kier alpha value is -1.77. The van der Waals surface area contributed by atoms with Crippen molar-refractivity contribution in [3.05, 3.63) is 59.2 Å². The number of sulfonamides is 1. The maximum absolute atomic E-state index is 12.7. The van der Waals surface area contributed by atoms with Crippen LogP contribution in [0.1, 0.15) is 0 Å². The first-order valence-corrected chi connectivity index (χ1v) is 10.9. The third-order valence-corrected chi connectivity index (χ3v) is 6.76. The van der Waals surface area contributed by atoms with Crippen LogP contribution in [0.25, 0.3) is 11.3 Å². The van der Waals surface area contributed by atoms with E-state index in [9.17, 15) is 8.42 Å². The van der Waals surface area contributed by atoms with Crippen molar-refractivity contribution in [1.29, 1.82) is 0 Å². The molecule has 25 heavy (non-hydrogen) atoms. The van der Waals surface area contributed by atoms with Crippen LogP contribution in [0.3, 0.4) is 0 Å². The summed E-state index contributed by atoms with van der Waals surface area (Å²) in [5.74, 6) is 1.03. The first-order valence-electron chi connectivity index (χ1n) is 7.61. The molecule has 128 valence electrons. The van der Waals surface area contributed by atoms with E-state index in [0.29, 0.717) is 5.69 Å². The van der Waals surface area contributed by atoms with Crippen molar-refractivity contribution < 1.29 is 8.42 Å². The molecule has 0 radical (unpaired) electrons. The molecule has 2 aromatic carbocycles. The lowest BCUT2D eigenvalue weighted by Gasteiger charge is -2.11. The van der Waals surface area contributed by atoms with E-state index in [1.807, 2.05) is 18.3 Å². The Morgan fingerprint density at radius 2 is 1.88 bits per heavy atom. The number of rotatable bonds is 4. The number of anilines is 1. The molecule has 2 heterocycles. The van der Waals surface area contributed by atoms with Gasteiger partial charge in [0.15, 0.2) is 5.16 Å². The van der Waals surface area contributed by atoms with Crippen LogP contribution in [0.5, 0.6) is 0 Å². The minimum absolute atomic E-state index is 0.216. The fourth-order valence-corrected chi connectivity index (χ4v) is 4.94. The SMILES string of the molecule is O=S(=O)(Nc1ccccc1-c1cn2c(n1)SCC2)c1ccc(Br)cc1. The fourth-order valence-electron chi connectivity index (χ4n) is 2.65. The number of aryl methyl sites for hydroxylation is 1. The molecule has 1 aromatic heterocycles. The van der Waals surface area contributed by atoms with Crippen LogP contribution in [0.4, 0.5) is 5.69 Å². The largest absolute Gasteiger partial charge is 0.325 e. The Balaban J connectivity index is 1.70. The smallest absolute Gasteiger partial charge is 0.261 e. The van der Waals surface area contributed by atoms with Crippen LogP contribution in [0.2, 0.25) is 0 Å². The van der Waals surface area contributed by atoms with Gasteiger partial charge in [0.05, 0.1) is 16.3 Å². The first kappa shape index (κ1) is 16.7. The Kier molecular flexibility index (Phi) is 4.35. The maximum atomic E-state index is 12.7. The quantitative estimate of drug-likeness (QED) is 0.665. The van der Waals surface area contributed by atoms with Crippen molar-refractivity contribution in [3.63, 3.8) is 0 Å². The Morgan fingerprint density at radius 1 is 1.12 bits per heavy atom. The van der Waals surface area contributed by atoms with Gasteiger partial charge in [-0.2, -0.15) is 0 Å². The molecule has 1 N–H and O–H groups in total. The summed E-state index contributed by atoms with van der Waals surface area (Å²) >= 11 is 5.02. The van der Waals surface area contributed by atoms with E-state index in [1.165, 1.54) is 0 Å². The van der Waals surface area contributed by atoms with Crippen molar-refractivity contribution in [2.75, 3.05) is 10.5 Å². The average molecular weight is 436 g/mol. The number of hydrogen-bond donors (Lipinski definition) is 1. The van der Waals surface area contributed by atoms with Gasteiger partial charge in [0.25, 0.3) is 10.0 Å². The zero-order chi connectivity index (χ0) is 17.4. The molecule has 1 aliphatic heterocycles. The molecule has 0 bridgehead atoms. The van der Waals surface area contributed by atoms with Gasteiger partial charge in [0.1, 0.15) is 0 Å². The van der Waals surface area contributed by atoms with E-state index in [1.54, 1.807) is 48.2 Å². The molecule has 5 nitrogen and oxygen atoms in total. The summed E-state index contributed by atoms with van der Waals surface area (Å²) in [6, 6.07) is 13.9. The second-order valence-electron chi connectivity index (χ2n) is 5.56. The maximum Gasteiger partial charge on any atom is 0.261 e. The average Bonchev–Trinajstić information content (AvgIpc) is 3.17. The number of halogens is 1. The third kappa shape index (κ3) is 3.33. The van der Waals surface area contributed by atoms with Gasteiger partial charge in [-0.1, -0.05) is 45.9 Å². The van der Waals surface area contributed by atoms with Crippen molar-refractivity contribution >= 4 is 43.4 Å². The third-order valence-electron chi connectivity index (χ3n) is 3.87. The predicted molar refractivity (Wildman–Crippen MR) is 103 cm³/mol. The molecule has 8 heteroatoms. The minimum Gasteiger partial charge on any atom is -0.325 e. The molecule has 0 saturated heterocycles. The highest BCUT2D eigenvalue weighted by atomic mass is 79.9. The van der Waals surface area contributed by atoms with Crippen molar-refractivity contribution in [2.45, 2.75) is 16.6 Å². The number of hydrogen-bond acceptors (Lipinski definition) is 4. The summed E-state index contributed by atoms with van der Waals surface area (Å²) < 4.78 is 31.0. The monoisotopic (exact) mass is 435 g/mol. The lowest BCUT2D eigenvalue weighted by atomic mass is 10.1. The minimum atomic E-state index is -3.67. The standard InChI is InChI=1S/C17H14BrN3O2S2/c18-12-5-7-13(8-6-12)25(22,23)20-15-4-2-1-3-14(15)16-11-21-9-10-24-17(21)19-16/h1-8,11,20H,9-10H2. The Morgan fingerprint density at radius 3 is 2.64 bits per heavy atom. The van der Waals surface area contributed by atoms with Gasteiger partial charge < -0.3 is 4.57 Å². The highest BCUT2D eigenvalue weighted by Gasteiger charge is 2.20. The molecular formula is C17H14BrN3O2S2. The normalized spacial score (nSPS) is 13.6. The van der Waals surface area contributed by atoms with Crippen LogP contribution < -0.4 is 4.72 Å². The second-order valence-corrected chi connectivity index (χ2v) is 9.22. The van der Waals surface area contributed by atoms with E-state index in [0.717, 1.165) is 33.2 Å². The predicted octanol–water partition coefficient (Wildman–Crippen LogP) is 4.22. The van der Waals surface area contributed by atoms with Crippen LogP contribution in [-0.2, 0) is 16.6 Å². The van der Waals surface area contributed by atoms with Gasteiger partial charge in [0, 0.05) is 28.5 Å².